The molecule has 0 heterocycles. The first-order chi connectivity index (χ1) is 6.48. The molecular formula is C9H13NO4. The molecule has 0 saturated heterocycles. The van der Waals surface area contributed by atoms with Gasteiger partial charge in [0.05, 0.1) is 5.92 Å². The van der Waals surface area contributed by atoms with Gasteiger partial charge < -0.3 is 15.9 Å². The van der Waals surface area contributed by atoms with Crippen molar-refractivity contribution in [3.05, 3.63) is 0 Å². The maximum absolute atomic E-state index is 11.0. The van der Waals surface area contributed by atoms with Crippen molar-refractivity contribution in [1.29, 1.82) is 0 Å². The van der Waals surface area contributed by atoms with Crippen molar-refractivity contribution in [2.45, 2.75) is 24.8 Å². The molecule has 2 saturated carbocycles. The molecule has 0 amide bonds. The number of carboxylic acids is 2. The second-order valence-electron chi connectivity index (χ2n) is 4.30. The number of carboxylic acid groups (broad SMARTS) is 2. The van der Waals surface area contributed by atoms with E-state index in [1.54, 1.807) is 0 Å². The van der Waals surface area contributed by atoms with Crippen molar-refractivity contribution >= 4 is 11.9 Å². The lowest BCUT2D eigenvalue weighted by Gasteiger charge is -2.24. The molecule has 2 aliphatic rings. The van der Waals surface area contributed by atoms with Crippen LogP contribution in [0.1, 0.15) is 19.3 Å². The average Bonchev–Trinajstić information content (AvgIpc) is 2.58. The number of nitrogens with two attached hydrogens (primary N) is 1. The van der Waals surface area contributed by atoms with Crippen LogP contribution in [0.4, 0.5) is 0 Å². The van der Waals surface area contributed by atoms with Crippen molar-refractivity contribution in [2.75, 3.05) is 0 Å². The first-order valence-corrected chi connectivity index (χ1v) is 4.73. The monoisotopic (exact) mass is 199 g/mol. The van der Waals surface area contributed by atoms with Crippen molar-refractivity contribution in [3.63, 3.8) is 0 Å². The lowest BCUT2D eigenvalue weighted by Crippen LogP contribution is -2.53. The predicted octanol–water partition coefficient (Wildman–Crippen LogP) is -0.101. The van der Waals surface area contributed by atoms with Gasteiger partial charge in [0.1, 0.15) is 5.54 Å². The summed E-state index contributed by atoms with van der Waals surface area (Å²) >= 11 is 0. The standard InChI is InChI=1S/C9H13NO4/c10-9(8(13)14)4-1-2-6(9)5(3-4)7(11)12/h4-6H,1-3,10H2,(H,11,12)(H,13,14)/t4-,5+,6+,9-/m0/s1. The van der Waals surface area contributed by atoms with Gasteiger partial charge in [-0.15, -0.1) is 0 Å². The van der Waals surface area contributed by atoms with Crippen LogP contribution in [0.2, 0.25) is 0 Å². The minimum absolute atomic E-state index is 0.161. The number of rotatable bonds is 2. The largest absolute Gasteiger partial charge is 0.481 e. The van der Waals surface area contributed by atoms with E-state index in [1.165, 1.54) is 0 Å². The second-order valence-corrected chi connectivity index (χ2v) is 4.30. The molecule has 2 fully saturated rings. The van der Waals surface area contributed by atoms with Crippen LogP contribution in [0.3, 0.4) is 0 Å². The fourth-order valence-electron chi connectivity index (χ4n) is 3.09. The van der Waals surface area contributed by atoms with Gasteiger partial charge in [-0.05, 0) is 25.2 Å². The number of hydrogen-bond donors (Lipinski definition) is 3. The summed E-state index contributed by atoms with van der Waals surface area (Å²) in [4.78, 5) is 21.9. The molecule has 0 aromatic heterocycles. The van der Waals surface area contributed by atoms with E-state index in [-0.39, 0.29) is 11.8 Å². The average molecular weight is 199 g/mol. The summed E-state index contributed by atoms with van der Waals surface area (Å²) in [7, 11) is 0. The summed E-state index contributed by atoms with van der Waals surface area (Å²) in [6.07, 6.45) is 1.80. The first-order valence-electron chi connectivity index (χ1n) is 4.73. The van der Waals surface area contributed by atoms with E-state index in [0.717, 1.165) is 6.42 Å². The zero-order valence-electron chi connectivity index (χ0n) is 7.64. The topological polar surface area (TPSA) is 101 Å². The van der Waals surface area contributed by atoms with Crippen LogP contribution in [0.15, 0.2) is 0 Å². The minimum atomic E-state index is -1.29. The number of carbonyl (C=O) groups is 2. The third kappa shape index (κ3) is 0.930. The van der Waals surface area contributed by atoms with Crippen molar-refractivity contribution in [3.8, 4) is 0 Å². The molecule has 0 aromatic rings. The zero-order valence-corrected chi connectivity index (χ0v) is 7.64. The molecule has 5 nitrogen and oxygen atoms in total. The lowest BCUT2D eigenvalue weighted by molar-refractivity contribution is -0.147. The predicted molar refractivity (Wildman–Crippen MR) is 46.5 cm³/mol. The highest BCUT2D eigenvalue weighted by Crippen LogP contribution is 2.54. The summed E-state index contributed by atoms with van der Waals surface area (Å²) in [6, 6.07) is 0. The van der Waals surface area contributed by atoms with Gasteiger partial charge in [-0.25, -0.2) is 0 Å². The van der Waals surface area contributed by atoms with E-state index in [4.69, 9.17) is 15.9 Å². The van der Waals surface area contributed by atoms with Gasteiger partial charge in [-0.3, -0.25) is 9.59 Å². The zero-order chi connectivity index (χ0) is 10.5. The molecule has 0 aliphatic heterocycles. The maximum Gasteiger partial charge on any atom is 0.324 e. The third-order valence-electron chi connectivity index (χ3n) is 3.83. The molecule has 0 spiro atoms. The molecular weight excluding hydrogens is 186 g/mol. The molecule has 14 heavy (non-hydrogen) atoms. The van der Waals surface area contributed by atoms with Crippen LogP contribution in [0, 0.1) is 17.8 Å². The molecule has 0 radical (unpaired) electrons. The maximum atomic E-state index is 11.0. The Labute approximate surface area is 80.9 Å². The number of hydrogen-bond acceptors (Lipinski definition) is 3. The van der Waals surface area contributed by atoms with Crippen molar-refractivity contribution in [1.82, 2.24) is 0 Å². The Bertz CT molecular complexity index is 303. The molecule has 4 atom stereocenters. The highest BCUT2D eigenvalue weighted by atomic mass is 16.4. The van der Waals surface area contributed by atoms with E-state index < -0.39 is 23.4 Å². The summed E-state index contributed by atoms with van der Waals surface area (Å²) in [5.74, 6) is -3.06. The molecule has 2 bridgehead atoms. The van der Waals surface area contributed by atoms with Crippen LogP contribution in [-0.4, -0.2) is 27.7 Å². The molecule has 78 valence electrons. The molecule has 5 heteroatoms. The van der Waals surface area contributed by atoms with Gasteiger partial charge in [0.25, 0.3) is 0 Å². The quantitative estimate of drug-likeness (QED) is 0.576. The molecule has 0 unspecified atom stereocenters. The Morgan fingerprint density at radius 2 is 1.93 bits per heavy atom. The van der Waals surface area contributed by atoms with Crippen LogP contribution < -0.4 is 5.73 Å². The third-order valence-corrected chi connectivity index (χ3v) is 3.83. The Morgan fingerprint density at radius 1 is 1.29 bits per heavy atom. The van der Waals surface area contributed by atoms with E-state index >= 15 is 0 Å². The molecule has 0 aromatic carbocycles. The van der Waals surface area contributed by atoms with Gasteiger partial charge in [0.15, 0.2) is 0 Å². The second kappa shape index (κ2) is 2.70. The van der Waals surface area contributed by atoms with E-state index in [0.29, 0.717) is 12.8 Å². The van der Waals surface area contributed by atoms with Crippen LogP contribution in [-0.2, 0) is 9.59 Å². The summed E-state index contributed by atoms with van der Waals surface area (Å²) < 4.78 is 0. The van der Waals surface area contributed by atoms with Gasteiger partial charge in [-0.1, -0.05) is 0 Å². The van der Waals surface area contributed by atoms with Crippen LogP contribution in [0.5, 0.6) is 0 Å². The SMILES string of the molecule is N[C@@]1(C(=O)O)[C@H]2CC[C@@H]1[C@H](C(=O)O)C2. The summed E-state index contributed by atoms with van der Waals surface area (Å²) in [6.45, 7) is 0. The summed E-state index contributed by atoms with van der Waals surface area (Å²) in [5.41, 5.74) is 4.53. The number of aliphatic carboxylic acids is 2. The molecule has 2 aliphatic carbocycles. The van der Waals surface area contributed by atoms with E-state index in [2.05, 4.69) is 0 Å². The van der Waals surface area contributed by atoms with Gasteiger partial charge in [-0.2, -0.15) is 0 Å². The highest BCUT2D eigenvalue weighted by molar-refractivity contribution is 5.83. The van der Waals surface area contributed by atoms with Gasteiger partial charge in [0, 0.05) is 5.92 Å². The Hall–Kier alpha value is -1.10. The van der Waals surface area contributed by atoms with E-state index in [1.807, 2.05) is 0 Å². The summed E-state index contributed by atoms with van der Waals surface area (Å²) in [5, 5.41) is 17.9. The van der Waals surface area contributed by atoms with Gasteiger partial charge >= 0.3 is 11.9 Å². The molecule has 4 N–H and O–H groups in total. The Morgan fingerprint density at radius 3 is 2.29 bits per heavy atom. The number of fused-ring (bicyclic) bond motifs is 2. The van der Waals surface area contributed by atoms with E-state index in [9.17, 15) is 9.59 Å². The first kappa shape index (κ1) is 9.45. The fraction of sp³-hybridized carbons (Fsp3) is 0.778. The highest BCUT2D eigenvalue weighted by Gasteiger charge is 2.63. The molecule has 2 rings (SSSR count). The van der Waals surface area contributed by atoms with Gasteiger partial charge in [0.2, 0.25) is 0 Å². The Balaban J connectivity index is 2.32. The van der Waals surface area contributed by atoms with Crippen molar-refractivity contribution < 1.29 is 19.8 Å². The van der Waals surface area contributed by atoms with Crippen molar-refractivity contribution in [2.24, 2.45) is 23.5 Å². The van der Waals surface area contributed by atoms with Crippen LogP contribution >= 0.6 is 0 Å². The fourth-order valence-corrected chi connectivity index (χ4v) is 3.09. The minimum Gasteiger partial charge on any atom is -0.481 e. The van der Waals surface area contributed by atoms with Crippen LogP contribution in [0.25, 0.3) is 0 Å². The smallest absolute Gasteiger partial charge is 0.324 e. The lowest BCUT2D eigenvalue weighted by atomic mass is 9.85. The normalized spacial score (nSPS) is 45.4. The Kier molecular flexibility index (Phi) is 1.82.